The summed E-state index contributed by atoms with van der Waals surface area (Å²) in [5.41, 5.74) is 3.38. The van der Waals surface area contributed by atoms with Crippen molar-refractivity contribution in [1.82, 2.24) is 0 Å². The molecule has 0 atom stereocenters. The fourth-order valence-corrected chi connectivity index (χ4v) is 1.40. The fraction of sp³-hybridized carbons (Fsp3) is 0.333. The Bertz CT molecular complexity index is 268. The average Bonchev–Trinajstić information content (AvgIpc) is 2.04. The van der Waals surface area contributed by atoms with Crippen LogP contribution in [0.25, 0.3) is 0 Å². The van der Waals surface area contributed by atoms with Crippen LogP contribution in [0.1, 0.15) is 18.1 Å². The highest BCUT2D eigenvalue weighted by atomic mass is 32.1. The number of benzene rings is 1. The van der Waals surface area contributed by atoms with Crippen molar-refractivity contribution in [1.29, 1.82) is 0 Å². The maximum absolute atomic E-state index is 4.68. The molecular formula is C9H11NS. The molecule has 0 aliphatic carbocycles. The topological polar surface area (TPSA) is 12.4 Å². The lowest BCUT2D eigenvalue weighted by atomic mass is 10.1. The minimum absolute atomic E-state index is 0.977. The minimum atomic E-state index is 0.977. The predicted octanol–water partition coefficient (Wildman–Crippen LogP) is 2.92. The quantitative estimate of drug-likeness (QED) is 0.656. The molecule has 0 heterocycles. The van der Waals surface area contributed by atoms with Crippen molar-refractivity contribution >= 4 is 18.1 Å². The molecule has 1 aromatic rings. The Morgan fingerprint density at radius 1 is 1.45 bits per heavy atom. The van der Waals surface area contributed by atoms with Gasteiger partial charge in [-0.3, -0.25) is 0 Å². The molecule has 0 aromatic heterocycles. The minimum Gasteiger partial charge on any atom is -0.181 e. The Hall–Kier alpha value is -0.760. The number of hydrogen-bond donors (Lipinski definition) is 0. The Kier molecular flexibility index (Phi) is 2.71. The predicted molar refractivity (Wildman–Crippen MR) is 50.0 cm³/mol. The molecule has 11 heavy (non-hydrogen) atoms. The molecule has 1 rings (SSSR count). The van der Waals surface area contributed by atoms with E-state index in [2.05, 4.69) is 29.8 Å². The summed E-state index contributed by atoms with van der Waals surface area (Å²) in [6, 6.07) is 6.14. The third kappa shape index (κ3) is 1.63. The molecular weight excluding hydrogens is 154 g/mol. The maximum Gasteiger partial charge on any atom is 0.0830 e. The van der Waals surface area contributed by atoms with Gasteiger partial charge in [0.2, 0.25) is 0 Å². The Morgan fingerprint density at radius 3 is 2.64 bits per heavy atom. The van der Waals surface area contributed by atoms with E-state index in [9.17, 15) is 0 Å². The second-order valence-corrected chi connectivity index (χ2v) is 2.71. The second-order valence-electron chi connectivity index (χ2n) is 2.53. The standard InChI is InChI=1S/C9H11NS/c1-3-8-6-4-5-7(2)9(8)10-11/h4-6H,3H2,1-2H3. The molecule has 0 aliphatic rings. The van der Waals surface area contributed by atoms with Crippen LogP contribution in [0.4, 0.5) is 5.69 Å². The third-order valence-electron chi connectivity index (χ3n) is 1.79. The van der Waals surface area contributed by atoms with Gasteiger partial charge in [-0.25, -0.2) is 0 Å². The van der Waals surface area contributed by atoms with Gasteiger partial charge < -0.3 is 0 Å². The smallest absolute Gasteiger partial charge is 0.0830 e. The summed E-state index contributed by atoms with van der Waals surface area (Å²) in [7, 11) is 0. The van der Waals surface area contributed by atoms with E-state index in [4.69, 9.17) is 0 Å². The first-order chi connectivity index (χ1) is 5.29. The summed E-state index contributed by atoms with van der Waals surface area (Å²) in [5.74, 6) is 0. The van der Waals surface area contributed by atoms with Crippen molar-refractivity contribution in [2.24, 2.45) is 4.36 Å². The normalized spacial score (nSPS) is 9.64. The largest absolute Gasteiger partial charge is 0.181 e. The van der Waals surface area contributed by atoms with Gasteiger partial charge in [-0.15, -0.1) is 0 Å². The van der Waals surface area contributed by atoms with Gasteiger partial charge in [-0.05, 0) is 24.5 Å². The van der Waals surface area contributed by atoms with E-state index < -0.39 is 0 Å². The highest BCUT2D eigenvalue weighted by molar-refractivity contribution is 7.47. The van der Waals surface area contributed by atoms with Crippen LogP contribution in [-0.4, -0.2) is 0 Å². The van der Waals surface area contributed by atoms with E-state index in [0.29, 0.717) is 0 Å². The summed E-state index contributed by atoms with van der Waals surface area (Å²) in [5, 5.41) is 0. The van der Waals surface area contributed by atoms with E-state index in [1.54, 1.807) is 0 Å². The van der Waals surface area contributed by atoms with Crippen LogP contribution in [0.2, 0.25) is 0 Å². The van der Waals surface area contributed by atoms with Crippen LogP contribution in [0.3, 0.4) is 0 Å². The Balaban J connectivity index is 3.24. The zero-order valence-corrected chi connectivity index (χ0v) is 7.61. The molecule has 0 saturated carbocycles. The summed E-state index contributed by atoms with van der Waals surface area (Å²) < 4.78 is 3.82. The van der Waals surface area contributed by atoms with E-state index in [1.165, 1.54) is 11.1 Å². The summed E-state index contributed by atoms with van der Waals surface area (Å²) >= 11 is 4.68. The summed E-state index contributed by atoms with van der Waals surface area (Å²) in [4.78, 5) is 0. The van der Waals surface area contributed by atoms with Gasteiger partial charge in [0.1, 0.15) is 0 Å². The lowest BCUT2D eigenvalue weighted by molar-refractivity contribution is 1.13. The van der Waals surface area contributed by atoms with Crippen molar-refractivity contribution in [3.8, 4) is 0 Å². The van der Waals surface area contributed by atoms with E-state index >= 15 is 0 Å². The molecule has 0 saturated heterocycles. The van der Waals surface area contributed by atoms with Crippen molar-refractivity contribution < 1.29 is 0 Å². The van der Waals surface area contributed by atoms with Crippen LogP contribution in [0.5, 0.6) is 0 Å². The highest BCUT2D eigenvalue weighted by Gasteiger charge is 2.00. The first-order valence-corrected chi connectivity index (χ1v) is 4.08. The molecule has 0 spiro atoms. The molecule has 0 fully saturated rings. The van der Waals surface area contributed by atoms with Crippen LogP contribution in [0.15, 0.2) is 22.6 Å². The summed E-state index contributed by atoms with van der Waals surface area (Å²) in [6.07, 6.45) is 0.997. The molecule has 2 heteroatoms. The monoisotopic (exact) mass is 165 g/mol. The molecule has 0 unspecified atom stereocenters. The molecule has 0 radical (unpaired) electrons. The van der Waals surface area contributed by atoms with E-state index in [-0.39, 0.29) is 0 Å². The van der Waals surface area contributed by atoms with Gasteiger partial charge in [-0.1, -0.05) is 25.1 Å². The third-order valence-corrected chi connectivity index (χ3v) is 1.98. The second kappa shape index (κ2) is 3.58. The highest BCUT2D eigenvalue weighted by Crippen LogP contribution is 2.23. The van der Waals surface area contributed by atoms with Gasteiger partial charge in [0.15, 0.2) is 0 Å². The van der Waals surface area contributed by atoms with E-state index in [1.807, 2.05) is 19.1 Å². The zero-order valence-electron chi connectivity index (χ0n) is 6.79. The lowest BCUT2D eigenvalue weighted by Crippen LogP contribution is -1.82. The molecule has 1 aromatic carbocycles. The molecule has 0 aliphatic heterocycles. The van der Waals surface area contributed by atoms with Gasteiger partial charge in [0.25, 0.3) is 0 Å². The summed E-state index contributed by atoms with van der Waals surface area (Å²) in [6.45, 7) is 4.14. The Morgan fingerprint density at radius 2 is 2.18 bits per heavy atom. The number of aryl methyl sites for hydroxylation is 2. The van der Waals surface area contributed by atoms with Crippen LogP contribution in [-0.2, 0) is 18.8 Å². The van der Waals surface area contributed by atoms with Crippen molar-refractivity contribution in [2.45, 2.75) is 20.3 Å². The number of rotatable bonds is 2. The van der Waals surface area contributed by atoms with E-state index in [0.717, 1.165) is 12.1 Å². The molecule has 0 bridgehead atoms. The molecule has 0 N–H and O–H groups in total. The number of hydrogen-bond acceptors (Lipinski definition) is 2. The van der Waals surface area contributed by atoms with Crippen LogP contribution < -0.4 is 0 Å². The van der Waals surface area contributed by atoms with Crippen molar-refractivity contribution in [3.63, 3.8) is 0 Å². The van der Waals surface area contributed by atoms with Gasteiger partial charge in [0.05, 0.1) is 5.69 Å². The van der Waals surface area contributed by atoms with Crippen LogP contribution in [0, 0.1) is 6.92 Å². The first kappa shape index (κ1) is 8.34. The molecule has 0 amide bonds. The van der Waals surface area contributed by atoms with Crippen LogP contribution >= 0.6 is 0 Å². The zero-order chi connectivity index (χ0) is 8.27. The van der Waals surface area contributed by atoms with Crippen molar-refractivity contribution in [2.75, 3.05) is 0 Å². The lowest BCUT2D eigenvalue weighted by Gasteiger charge is -2.03. The Labute approximate surface area is 72.6 Å². The first-order valence-electron chi connectivity index (χ1n) is 3.71. The molecule has 58 valence electrons. The SMILES string of the molecule is CCc1cccc(C)c1N=S. The van der Waals surface area contributed by atoms with Gasteiger partial charge in [-0.2, -0.15) is 4.36 Å². The maximum atomic E-state index is 4.68. The van der Waals surface area contributed by atoms with Crippen molar-refractivity contribution in [3.05, 3.63) is 29.3 Å². The fourth-order valence-electron chi connectivity index (χ4n) is 1.14. The molecule has 1 nitrogen and oxygen atoms in total. The number of nitrogens with zero attached hydrogens (tertiary/aromatic N) is 1. The van der Waals surface area contributed by atoms with Gasteiger partial charge in [0, 0.05) is 12.4 Å². The average molecular weight is 165 g/mol. The van der Waals surface area contributed by atoms with Gasteiger partial charge >= 0.3 is 0 Å².